The molecule has 0 unspecified atom stereocenters. The quantitative estimate of drug-likeness (QED) is 0.657. The molecule has 1 amide bonds. The second kappa shape index (κ2) is 4.02. The fourth-order valence-electron chi connectivity index (χ4n) is 1.72. The van der Waals surface area contributed by atoms with E-state index in [1.807, 2.05) is 0 Å². The second-order valence-corrected chi connectivity index (χ2v) is 3.62. The van der Waals surface area contributed by atoms with Crippen LogP contribution < -0.4 is 5.73 Å². The van der Waals surface area contributed by atoms with Crippen LogP contribution in [0.15, 0.2) is 6.33 Å². The van der Waals surface area contributed by atoms with Gasteiger partial charge in [-0.15, -0.1) is 0 Å². The first-order valence-corrected chi connectivity index (χ1v) is 5.02. The molecule has 7 heteroatoms. The molecule has 2 aromatic rings. The molecule has 0 atom stereocenters. The van der Waals surface area contributed by atoms with E-state index >= 15 is 0 Å². The van der Waals surface area contributed by atoms with Crippen molar-refractivity contribution in [3.05, 3.63) is 23.3 Å². The summed E-state index contributed by atoms with van der Waals surface area (Å²) in [5.41, 5.74) is 6.43. The van der Waals surface area contributed by atoms with E-state index in [9.17, 15) is 9.90 Å². The lowest BCUT2D eigenvalue weighted by Gasteiger charge is -2.08. The van der Waals surface area contributed by atoms with E-state index in [0.717, 1.165) is 0 Å². The summed E-state index contributed by atoms with van der Waals surface area (Å²) in [5.74, 6) is -0.782. The van der Waals surface area contributed by atoms with Gasteiger partial charge in [-0.3, -0.25) is 9.20 Å². The first-order valence-electron chi connectivity index (χ1n) is 5.02. The Morgan fingerprint density at radius 2 is 2.29 bits per heavy atom. The lowest BCUT2D eigenvalue weighted by Crippen LogP contribution is -2.13. The first kappa shape index (κ1) is 11.3. The zero-order valence-corrected chi connectivity index (χ0v) is 9.21. The van der Waals surface area contributed by atoms with Crippen LogP contribution in [-0.2, 0) is 6.42 Å². The van der Waals surface area contributed by atoms with Crippen LogP contribution in [0, 0.1) is 6.92 Å². The minimum absolute atomic E-state index is 0.0129. The summed E-state index contributed by atoms with van der Waals surface area (Å²) in [6, 6.07) is 0. The number of hydrogen-bond donors (Lipinski definition) is 3. The van der Waals surface area contributed by atoms with Gasteiger partial charge >= 0.3 is 0 Å². The zero-order valence-electron chi connectivity index (χ0n) is 9.21. The predicted octanol–water partition coefficient (Wildman–Crippen LogP) is -0.623. The Morgan fingerprint density at radius 1 is 1.59 bits per heavy atom. The maximum Gasteiger partial charge on any atom is 0.271 e. The number of aryl methyl sites for hydroxylation is 1. The van der Waals surface area contributed by atoms with Gasteiger partial charge in [-0.2, -0.15) is 0 Å². The number of nitrogens with two attached hydrogens (primary N) is 1. The smallest absolute Gasteiger partial charge is 0.271 e. The summed E-state index contributed by atoms with van der Waals surface area (Å²) >= 11 is 0. The maximum absolute atomic E-state index is 11.1. The minimum Gasteiger partial charge on any atom is -0.494 e. The summed E-state index contributed by atoms with van der Waals surface area (Å²) in [5, 5.41) is 18.9. The monoisotopic (exact) mass is 236 g/mol. The van der Waals surface area contributed by atoms with Gasteiger partial charge in [-0.25, -0.2) is 9.97 Å². The van der Waals surface area contributed by atoms with Gasteiger partial charge in [0.05, 0.1) is 0 Å². The van der Waals surface area contributed by atoms with Gasteiger partial charge in [-0.05, 0) is 6.92 Å². The largest absolute Gasteiger partial charge is 0.494 e. The van der Waals surface area contributed by atoms with Crippen molar-refractivity contribution >= 4 is 11.6 Å². The molecule has 2 rings (SSSR count). The van der Waals surface area contributed by atoms with Crippen molar-refractivity contribution in [2.75, 3.05) is 6.61 Å². The highest BCUT2D eigenvalue weighted by Crippen LogP contribution is 2.23. The molecular weight excluding hydrogens is 224 g/mol. The molecule has 0 fully saturated rings. The molecule has 2 aromatic heterocycles. The third kappa shape index (κ3) is 1.70. The van der Waals surface area contributed by atoms with Crippen LogP contribution in [0.4, 0.5) is 0 Å². The number of aromatic nitrogens is 3. The van der Waals surface area contributed by atoms with E-state index in [1.54, 1.807) is 6.92 Å². The molecular formula is C10H12N4O3. The van der Waals surface area contributed by atoms with E-state index < -0.39 is 5.91 Å². The lowest BCUT2D eigenvalue weighted by molar-refractivity contribution is 0.0997. The molecule has 0 aliphatic heterocycles. The minimum atomic E-state index is -0.700. The number of hydrogen-bond acceptors (Lipinski definition) is 5. The number of primary amides is 1. The number of aromatic hydroxyl groups is 1. The maximum atomic E-state index is 11.1. The van der Waals surface area contributed by atoms with Crippen LogP contribution in [0.25, 0.3) is 5.65 Å². The number of carbonyl (C=O) groups excluding carboxylic acids is 1. The number of imidazole rings is 1. The van der Waals surface area contributed by atoms with E-state index in [0.29, 0.717) is 11.3 Å². The van der Waals surface area contributed by atoms with Gasteiger partial charge in [-0.1, -0.05) is 0 Å². The molecule has 0 aliphatic carbocycles. The van der Waals surface area contributed by atoms with Crippen LogP contribution in [0.3, 0.4) is 0 Å². The fraction of sp³-hybridized carbons (Fsp3) is 0.300. The number of amides is 1. The summed E-state index contributed by atoms with van der Waals surface area (Å²) in [6.45, 7) is 1.58. The molecule has 0 radical (unpaired) electrons. The second-order valence-electron chi connectivity index (χ2n) is 3.62. The molecule has 0 aliphatic rings. The third-order valence-corrected chi connectivity index (χ3v) is 2.55. The Bertz CT molecular complexity index is 591. The number of fused-ring (bicyclic) bond motifs is 1. The number of nitrogens with zero attached hydrogens (tertiary/aromatic N) is 3. The van der Waals surface area contributed by atoms with Crippen molar-refractivity contribution in [1.82, 2.24) is 14.4 Å². The molecule has 90 valence electrons. The first-order chi connectivity index (χ1) is 8.06. The van der Waals surface area contributed by atoms with Crippen molar-refractivity contribution in [2.24, 2.45) is 5.73 Å². The van der Waals surface area contributed by atoms with Crippen LogP contribution in [0.5, 0.6) is 5.88 Å². The Balaban J connectivity index is 2.74. The summed E-state index contributed by atoms with van der Waals surface area (Å²) in [7, 11) is 0. The molecule has 0 spiro atoms. The molecule has 0 saturated heterocycles. The predicted molar refractivity (Wildman–Crippen MR) is 58.7 cm³/mol. The standard InChI is InChI=1S/C10H12N4O3/c1-5-6(2-3-15)10(17)14-4-12-7(8(11)16)9(14)13-5/h4,15,17H,2-3H2,1H3,(H2,11,16). The molecule has 2 heterocycles. The molecule has 0 bridgehead atoms. The van der Waals surface area contributed by atoms with E-state index in [2.05, 4.69) is 9.97 Å². The van der Waals surface area contributed by atoms with Crippen molar-refractivity contribution in [3.8, 4) is 5.88 Å². The Kier molecular flexibility index (Phi) is 2.68. The highest BCUT2D eigenvalue weighted by atomic mass is 16.3. The zero-order chi connectivity index (χ0) is 12.6. The number of aliphatic hydroxyl groups is 1. The summed E-state index contributed by atoms with van der Waals surface area (Å²) in [6.07, 6.45) is 1.56. The molecule has 4 N–H and O–H groups in total. The average Bonchev–Trinajstić information content (AvgIpc) is 2.68. The highest BCUT2D eigenvalue weighted by molar-refractivity contribution is 5.96. The van der Waals surface area contributed by atoms with Crippen LogP contribution >= 0.6 is 0 Å². The van der Waals surface area contributed by atoms with Gasteiger partial charge in [0, 0.05) is 24.3 Å². The van der Waals surface area contributed by atoms with Crippen molar-refractivity contribution < 1.29 is 15.0 Å². The average molecular weight is 236 g/mol. The number of aliphatic hydroxyl groups excluding tert-OH is 1. The SMILES string of the molecule is Cc1nc2c(C(N)=O)ncn2c(O)c1CCO. The normalized spacial score (nSPS) is 10.9. The van der Waals surface area contributed by atoms with E-state index in [1.165, 1.54) is 10.7 Å². The molecule has 17 heavy (non-hydrogen) atoms. The van der Waals surface area contributed by atoms with Crippen molar-refractivity contribution in [3.63, 3.8) is 0 Å². The van der Waals surface area contributed by atoms with Crippen molar-refractivity contribution in [2.45, 2.75) is 13.3 Å². The number of carbonyl (C=O) groups is 1. The topological polar surface area (TPSA) is 114 Å². The number of rotatable bonds is 3. The van der Waals surface area contributed by atoms with Crippen molar-refractivity contribution in [1.29, 1.82) is 0 Å². The molecule has 7 nitrogen and oxygen atoms in total. The van der Waals surface area contributed by atoms with Gasteiger partial charge in [0.1, 0.15) is 6.33 Å². The van der Waals surface area contributed by atoms with Gasteiger partial charge in [0.15, 0.2) is 11.3 Å². The Hall–Kier alpha value is -2.15. The highest BCUT2D eigenvalue weighted by Gasteiger charge is 2.17. The molecule has 0 aromatic carbocycles. The van der Waals surface area contributed by atoms with E-state index in [4.69, 9.17) is 10.8 Å². The summed E-state index contributed by atoms with van der Waals surface area (Å²) in [4.78, 5) is 19.1. The summed E-state index contributed by atoms with van der Waals surface area (Å²) < 4.78 is 1.28. The van der Waals surface area contributed by atoms with Gasteiger partial charge in [0.25, 0.3) is 5.91 Å². The molecule has 0 saturated carbocycles. The van der Waals surface area contributed by atoms with E-state index in [-0.39, 0.29) is 30.2 Å². The Labute approximate surface area is 96.5 Å². The van der Waals surface area contributed by atoms with Crippen LogP contribution in [0.2, 0.25) is 0 Å². The van der Waals surface area contributed by atoms with Crippen LogP contribution in [0.1, 0.15) is 21.7 Å². The van der Waals surface area contributed by atoms with Gasteiger partial charge in [0.2, 0.25) is 5.88 Å². The third-order valence-electron chi connectivity index (χ3n) is 2.55. The van der Waals surface area contributed by atoms with Crippen LogP contribution in [-0.4, -0.2) is 37.1 Å². The Morgan fingerprint density at radius 3 is 2.88 bits per heavy atom. The fourth-order valence-corrected chi connectivity index (χ4v) is 1.72. The lowest BCUT2D eigenvalue weighted by atomic mass is 10.1. The van der Waals surface area contributed by atoms with Gasteiger partial charge < -0.3 is 15.9 Å².